The van der Waals surface area contributed by atoms with E-state index >= 15 is 0 Å². The van der Waals surface area contributed by atoms with E-state index in [4.69, 9.17) is 4.74 Å². The number of hydrogen-bond donors (Lipinski definition) is 1. The highest BCUT2D eigenvalue weighted by Gasteiger charge is 2.63. The summed E-state index contributed by atoms with van der Waals surface area (Å²) >= 11 is 0. The molecule has 1 heterocycles. The fourth-order valence-electron chi connectivity index (χ4n) is 1.44. The third-order valence-corrected chi connectivity index (χ3v) is 2.14. The molecule has 8 heteroatoms. The smallest absolute Gasteiger partial charge is 0.439 e. The molecule has 0 saturated heterocycles. The van der Waals surface area contributed by atoms with Crippen molar-refractivity contribution in [3.63, 3.8) is 0 Å². The van der Waals surface area contributed by atoms with E-state index < -0.39 is 30.0 Å². The number of carbonyl (C=O) groups is 1. The van der Waals surface area contributed by atoms with Gasteiger partial charge in [-0.1, -0.05) is 0 Å². The highest BCUT2D eigenvalue weighted by molar-refractivity contribution is 5.87. The first-order valence-electron chi connectivity index (χ1n) is 5.23. The van der Waals surface area contributed by atoms with Gasteiger partial charge < -0.3 is 9.84 Å². The van der Waals surface area contributed by atoms with Gasteiger partial charge in [0.15, 0.2) is 0 Å². The van der Waals surface area contributed by atoms with E-state index in [2.05, 4.69) is 5.10 Å². The summed E-state index contributed by atoms with van der Waals surface area (Å²) in [6.45, 7) is 5.81. The van der Waals surface area contributed by atoms with Gasteiger partial charge in [-0.05, 0) is 27.7 Å². The van der Waals surface area contributed by atoms with Crippen molar-refractivity contribution in [1.29, 1.82) is 0 Å². The van der Waals surface area contributed by atoms with Crippen LogP contribution in [0.3, 0.4) is 0 Å². The maximum absolute atomic E-state index is 12.8. The van der Waals surface area contributed by atoms with Gasteiger partial charge in [-0.3, -0.25) is 0 Å². The van der Waals surface area contributed by atoms with Crippen LogP contribution in [-0.2, 0) is 4.74 Å². The third kappa shape index (κ3) is 2.74. The molecule has 1 unspecified atom stereocenters. The topological polar surface area (TPSA) is 62.1 Å². The van der Waals surface area contributed by atoms with Crippen LogP contribution in [0.15, 0.2) is 5.10 Å². The lowest BCUT2D eigenvalue weighted by Gasteiger charge is -2.33. The molecular weight excluding hydrogens is 253 g/mol. The first kappa shape index (κ1) is 14.7. The van der Waals surface area contributed by atoms with Crippen LogP contribution >= 0.6 is 0 Å². The Hall–Kier alpha value is -1.31. The highest BCUT2D eigenvalue weighted by Crippen LogP contribution is 2.40. The molecule has 0 fully saturated rings. The second-order valence-corrected chi connectivity index (χ2v) is 5.12. The molecule has 18 heavy (non-hydrogen) atoms. The largest absolute Gasteiger partial charge is 0.442 e. The molecule has 0 aromatic heterocycles. The summed E-state index contributed by atoms with van der Waals surface area (Å²) in [5, 5.41) is 13.0. The molecule has 1 amide bonds. The van der Waals surface area contributed by atoms with Crippen LogP contribution in [0.2, 0.25) is 0 Å². The number of ether oxygens (including phenoxy) is 1. The molecule has 1 aliphatic rings. The molecular formula is C10H15F3N2O3. The fraction of sp³-hybridized carbons (Fsp3) is 0.800. The molecule has 0 aromatic rings. The second kappa shape index (κ2) is 4.11. The summed E-state index contributed by atoms with van der Waals surface area (Å²) in [4.78, 5) is 11.6. The van der Waals surface area contributed by atoms with Crippen LogP contribution in [-0.4, -0.2) is 39.4 Å². The van der Waals surface area contributed by atoms with Gasteiger partial charge in [0.05, 0.1) is 0 Å². The Bertz CT molecular complexity index is 387. The summed E-state index contributed by atoms with van der Waals surface area (Å²) in [5.74, 6) is 0. The molecule has 0 spiro atoms. The Morgan fingerprint density at radius 1 is 1.44 bits per heavy atom. The number of rotatable bonds is 0. The van der Waals surface area contributed by atoms with Gasteiger partial charge in [0.25, 0.3) is 5.72 Å². The molecule has 104 valence electrons. The van der Waals surface area contributed by atoms with Crippen molar-refractivity contribution < 1.29 is 27.8 Å². The standard InChI is InChI=1S/C10H15F3N2O3/c1-6-5-9(17,10(11,12)13)15(14-6)7(16)18-8(2,3)4/h17H,5H2,1-4H3. The summed E-state index contributed by atoms with van der Waals surface area (Å²) in [6.07, 6.45) is -7.12. The van der Waals surface area contributed by atoms with Crippen molar-refractivity contribution in [2.24, 2.45) is 5.10 Å². The van der Waals surface area contributed by atoms with Gasteiger partial charge in [0.1, 0.15) is 5.60 Å². The van der Waals surface area contributed by atoms with E-state index in [0.717, 1.165) is 0 Å². The Morgan fingerprint density at radius 2 is 1.94 bits per heavy atom. The monoisotopic (exact) mass is 268 g/mol. The molecule has 1 atom stereocenters. The van der Waals surface area contributed by atoms with E-state index in [0.29, 0.717) is 0 Å². The molecule has 0 bridgehead atoms. The third-order valence-electron chi connectivity index (χ3n) is 2.14. The van der Waals surface area contributed by atoms with Crippen LogP contribution in [0.5, 0.6) is 0 Å². The molecule has 1 N–H and O–H groups in total. The minimum atomic E-state index is -5.01. The summed E-state index contributed by atoms with van der Waals surface area (Å²) < 4.78 is 43.1. The van der Waals surface area contributed by atoms with Crippen molar-refractivity contribution in [1.82, 2.24) is 5.01 Å². The SMILES string of the molecule is CC1=NN(C(=O)OC(C)(C)C)C(O)(C(F)(F)F)C1. The minimum Gasteiger partial charge on any atom is -0.442 e. The fourth-order valence-corrected chi connectivity index (χ4v) is 1.44. The van der Waals surface area contributed by atoms with E-state index in [9.17, 15) is 23.1 Å². The Labute approximate surface area is 102 Å². The molecule has 5 nitrogen and oxygen atoms in total. The van der Waals surface area contributed by atoms with Gasteiger partial charge in [-0.25, -0.2) is 4.79 Å². The van der Waals surface area contributed by atoms with Crippen LogP contribution < -0.4 is 0 Å². The zero-order chi connectivity index (χ0) is 14.4. The molecule has 0 saturated carbocycles. The quantitative estimate of drug-likeness (QED) is 0.733. The van der Waals surface area contributed by atoms with Crippen molar-refractivity contribution in [3.05, 3.63) is 0 Å². The average Bonchev–Trinajstić information content (AvgIpc) is 2.38. The lowest BCUT2D eigenvalue weighted by atomic mass is 10.1. The maximum Gasteiger partial charge on any atom is 0.439 e. The zero-order valence-electron chi connectivity index (χ0n) is 10.5. The number of nitrogens with zero attached hydrogens (tertiary/aromatic N) is 2. The van der Waals surface area contributed by atoms with Gasteiger partial charge >= 0.3 is 12.3 Å². The lowest BCUT2D eigenvalue weighted by molar-refractivity contribution is -0.300. The van der Waals surface area contributed by atoms with Crippen LogP contribution in [0.25, 0.3) is 0 Å². The lowest BCUT2D eigenvalue weighted by Crippen LogP contribution is -2.57. The van der Waals surface area contributed by atoms with E-state index in [-0.39, 0.29) is 10.7 Å². The molecule has 1 rings (SSSR count). The molecule has 0 radical (unpaired) electrons. The summed E-state index contributed by atoms with van der Waals surface area (Å²) in [7, 11) is 0. The molecule has 0 aromatic carbocycles. The van der Waals surface area contributed by atoms with E-state index in [1.54, 1.807) is 0 Å². The summed E-state index contributed by atoms with van der Waals surface area (Å²) in [5.41, 5.74) is -4.31. The van der Waals surface area contributed by atoms with Crippen molar-refractivity contribution in [2.75, 3.05) is 0 Å². The van der Waals surface area contributed by atoms with Crippen molar-refractivity contribution in [2.45, 2.75) is 51.6 Å². The normalized spacial score (nSPS) is 25.1. The van der Waals surface area contributed by atoms with Crippen LogP contribution in [0.1, 0.15) is 34.1 Å². The maximum atomic E-state index is 12.8. The van der Waals surface area contributed by atoms with E-state index in [1.165, 1.54) is 27.7 Å². The van der Waals surface area contributed by atoms with Gasteiger partial charge in [-0.15, -0.1) is 0 Å². The van der Waals surface area contributed by atoms with Gasteiger partial charge in [0, 0.05) is 12.1 Å². The van der Waals surface area contributed by atoms with Gasteiger partial charge in [0.2, 0.25) is 0 Å². The number of hydrazone groups is 1. The number of hydrogen-bond acceptors (Lipinski definition) is 4. The van der Waals surface area contributed by atoms with Gasteiger partial charge in [-0.2, -0.15) is 23.3 Å². The van der Waals surface area contributed by atoms with Crippen LogP contribution in [0, 0.1) is 0 Å². The van der Waals surface area contributed by atoms with E-state index in [1.807, 2.05) is 0 Å². The Kier molecular flexibility index (Phi) is 3.37. The molecule has 0 aliphatic carbocycles. The van der Waals surface area contributed by atoms with Crippen LogP contribution in [0.4, 0.5) is 18.0 Å². The first-order valence-corrected chi connectivity index (χ1v) is 5.23. The zero-order valence-corrected chi connectivity index (χ0v) is 10.5. The highest BCUT2D eigenvalue weighted by atomic mass is 19.4. The first-order chi connectivity index (χ1) is 7.87. The van der Waals surface area contributed by atoms with Crippen molar-refractivity contribution in [3.8, 4) is 0 Å². The minimum absolute atomic E-state index is 0.000634. The Balaban J connectivity index is 3.02. The number of amides is 1. The Morgan fingerprint density at radius 3 is 2.33 bits per heavy atom. The molecule has 1 aliphatic heterocycles. The number of aliphatic hydroxyl groups is 1. The number of alkyl halides is 3. The second-order valence-electron chi connectivity index (χ2n) is 5.12. The average molecular weight is 268 g/mol. The number of carbonyl (C=O) groups excluding carboxylic acids is 1. The van der Waals surface area contributed by atoms with Crippen molar-refractivity contribution >= 4 is 11.8 Å². The predicted molar refractivity (Wildman–Crippen MR) is 56.8 cm³/mol. The number of halogens is 3. The predicted octanol–water partition coefficient (Wildman–Crippen LogP) is 2.25. The summed E-state index contributed by atoms with van der Waals surface area (Å²) in [6, 6.07) is 0.